The molecule has 0 bridgehead atoms. The molecule has 104 valence electrons. The number of benzene rings is 1. The maximum atomic E-state index is 11.6. The van der Waals surface area contributed by atoms with Crippen molar-refractivity contribution in [2.45, 2.75) is 31.6 Å². The van der Waals surface area contributed by atoms with E-state index in [0.29, 0.717) is 12.1 Å². The van der Waals surface area contributed by atoms with Crippen LogP contribution in [0.2, 0.25) is 0 Å². The quantitative estimate of drug-likeness (QED) is 0.840. The van der Waals surface area contributed by atoms with E-state index in [1.165, 1.54) is 0 Å². The molecule has 0 aromatic heterocycles. The summed E-state index contributed by atoms with van der Waals surface area (Å²) >= 11 is 0. The van der Waals surface area contributed by atoms with Gasteiger partial charge >= 0.3 is 0 Å². The highest BCUT2D eigenvalue weighted by atomic mass is 32.2. The third-order valence-electron chi connectivity index (χ3n) is 3.33. The van der Waals surface area contributed by atoms with E-state index >= 15 is 0 Å². The second-order valence-corrected chi connectivity index (χ2v) is 6.58. The first kappa shape index (κ1) is 14.0. The maximum Gasteiger partial charge on any atom is 0.223 e. The largest absolute Gasteiger partial charge is 0.352 e. The molecule has 1 aliphatic rings. The Hall–Kier alpha value is -1.40. The monoisotopic (exact) mass is 282 g/mol. The van der Waals surface area contributed by atoms with Gasteiger partial charge in [-0.15, -0.1) is 0 Å². The van der Waals surface area contributed by atoms with Crippen LogP contribution in [0, 0.1) is 5.92 Å². The third kappa shape index (κ3) is 4.33. The Morgan fingerprint density at radius 2 is 1.79 bits per heavy atom. The molecule has 5 nitrogen and oxygen atoms in total. The van der Waals surface area contributed by atoms with Gasteiger partial charge in [0, 0.05) is 12.5 Å². The van der Waals surface area contributed by atoms with Crippen molar-refractivity contribution in [3.8, 4) is 0 Å². The van der Waals surface area contributed by atoms with Gasteiger partial charge in [-0.2, -0.15) is 0 Å². The number of nitrogens with one attached hydrogen (secondary N) is 1. The number of hydrogen-bond donors (Lipinski definition) is 2. The summed E-state index contributed by atoms with van der Waals surface area (Å²) < 4.78 is 21.9. The minimum absolute atomic E-state index is 0.111. The van der Waals surface area contributed by atoms with Crippen LogP contribution in [0.25, 0.3) is 0 Å². The lowest BCUT2D eigenvalue weighted by molar-refractivity contribution is -0.127. The summed E-state index contributed by atoms with van der Waals surface area (Å²) in [5.74, 6) is 0.128. The van der Waals surface area contributed by atoms with Crippen molar-refractivity contribution in [3.63, 3.8) is 0 Å². The third-order valence-corrected chi connectivity index (χ3v) is 4.07. The summed E-state index contributed by atoms with van der Waals surface area (Å²) in [7, 11) is -3.49. The van der Waals surface area contributed by atoms with Gasteiger partial charge < -0.3 is 5.32 Å². The van der Waals surface area contributed by atoms with Crippen LogP contribution in [0.3, 0.4) is 0 Å². The Bertz CT molecular complexity index is 548. The molecule has 0 radical (unpaired) electrons. The summed E-state index contributed by atoms with van der Waals surface area (Å²) in [6.07, 6.45) is 3.11. The standard InChI is InChI=1S/C13H18N2O3S/c14-19(17,18)9-11-6-4-10(5-7-11)8-15-13(16)12-2-1-3-12/h4-7,12H,1-3,8-9H2,(H,15,16)(H2,14,17,18). The average molecular weight is 282 g/mol. The fourth-order valence-electron chi connectivity index (χ4n) is 1.99. The van der Waals surface area contributed by atoms with Gasteiger partial charge in [-0.25, -0.2) is 13.6 Å². The van der Waals surface area contributed by atoms with E-state index in [9.17, 15) is 13.2 Å². The molecule has 3 N–H and O–H groups in total. The van der Waals surface area contributed by atoms with E-state index in [4.69, 9.17) is 5.14 Å². The van der Waals surface area contributed by atoms with Gasteiger partial charge in [-0.05, 0) is 24.0 Å². The minimum atomic E-state index is -3.49. The van der Waals surface area contributed by atoms with E-state index in [0.717, 1.165) is 24.8 Å². The molecule has 1 fully saturated rings. The minimum Gasteiger partial charge on any atom is -0.352 e. The van der Waals surface area contributed by atoms with Crippen molar-refractivity contribution in [3.05, 3.63) is 35.4 Å². The van der Waals surface area contributed by atoms with Crippen molar-refractivity contribution < 1.29 is 13.2 Å². The second kappa shape index (κ2) is 5.71. The van der Waals surface area contributed by atoms with Gasteiger partial charge in [0.15, 0.2) is 0 Å². The Balaban J connectivity index is 1.86. The molecule has 0 spiro atoms. The summed E-state index contributed by atoms with van der Waals surface area (Å²) in [4.78, 5) is 11.6. The number of carbonyl (C=O) groups is 1. The first-order chi connectivity index (χ1) is 8.94. The lowest BCUT2D eigenvalue weighted by Crippen LogP contribution is -2.33. The molecule has 6 heteroatoms. The molecule has 1 amide bonds. The molecule has 0 saturated heterocycles. The number of amides is 1. The first-order valence-corrected chi connectivity index (χ1v) is 8.01. The normalized spacial score (nSPS) is 15.8. The highest BCUT2D eigenvalue weighted by molar-refractivity contribution is 7.88. The number of primary sulfonamides is 1. The highest BCUT2D eigenvalue weighted by Gasteiger charge is 2.24. The molecule has 1 aromatic rings. The van der Waals surface area contributed by atoms with Crippen LogP contribution in [0.1, 0.15) is 30.4 Å². The summed E-state index contributed by atoms with van der Waals surface area (Å²) in [6, 6.07) is 7.05. The molecule has 0 unspecified atom stereocenters. The number of nitrogens with two attached hydrogens (primary N) is 1. The molecule has 1 saturated carbocycles. The molecule has 0 aliphatic heterocycles. The molecule has 0 heterocycles. The zero-order valence-electron chi connectivity index (χ0n) is 10.6. The Morgan fingerprint density at radius 3 is 2.26 bits per heavy atom. The smallest absolute Gasteiger partial charge is 0.223 e. The van der Waals surface area contributed by atoms with Crippen molar-refractivity contribution in [2.75, 3.05) is 0 Å². The van der Waals surface area contributed by atoms with Gasteiger partial charge in [0.1, 0.15) is 0 Å². The summed E-state index contributed by atoms with van der Waals surface area (Å²) in [6.45, 7) is 0.477. The molecule has 1 aliphatic carbocycles. The van der Waals surface area contributed by atoms with Crippen molar-refractivity contribution in [1.29, 1.82) is 0 Å². The van der Waals surface area contributed by atoms with Crippen LogP contribution < -0.4 is 10.5 Å². The fraction of sp³-hybridized carbons (Fsp3) is 0.462. The van der Waals surface area contributed by atoms with Crippen molar-refractivity contribution in [1.82, 2.24) is 5.32 Å². The van der Waals surface area contributed by atoms with Gasteiger partial charge in [0.25, 0.3) is 0 Å². The topological polar surface area (TPSA) is 89.3 Å². The summed E-state index contributed by atoms with van der Waals surface area (Å²) in [5, 5.41) is 7.86. The SMILES string of the molecule is NS(=O)(=O)Cc1ccc(CNC(=O)C2CCC2)cc1. The van der Waals surface area contributed by atoms with Crippen LogP contribution in [-0.4, -0.2) is 14.3 Å². The van der Waals surface area contributed by atoms with Gasteiger partial charge in [0.2, 0.25) is 15.9 Å². The zero-order valence-corrected chi connectivity index (χ0v) is 11.4. The van der Waals surface area contributed by atoms with E-state index in [1.54, 1.807) is 12.1 Å². The molecule has 19 heavy (non-hydrogen) atoms. The van der Waals surface area contributed by atoms with Crippen molar-refractivity contribution >= 4 is 15.9 Å². The first-order valence-electron chi connectivity index (χ1n) is 6.30. The Morgan fingerprint density at radius 1 is 1.21 bits per heavy atom. The number of carbonyl (C=O) groups excluding carboxylic acids is 1. The van der Waals surface area contributed by atoms with E-state index in [1.807, 2.05) is 12.1 Å². The van der Waals surface area contributed by atoms with Crippen LogP contribution >= 0.6 is 0 Å². The molecular formula is C13H18N2O3S. The van der Waals surface area contributed by atoms with E-state index < -0.39 is 10.0 Å². The van der Waals surface area contributed by atoms with Crippen molar-refractivity contribution in [2.24, 2.45) is 11.1 Å². The number of hydrogen-bond acceptors (Lipinski definition) is 3. The second-order valence-electron chi connectivity index (χ2n) is 4.97. The van der Waals surface area contributed by atoms with Crippen LogP contribution in [0.15, 0.2) is 24.3 Å². The Labute approximate surface area is 113 Å². The van der Waals surface area contributed by atoms with E-state index in [2.05, 4.69) is 5.32 Å². The average Bonchev–Trinajstić information content (AvgIpc) is 2.23. The zero-order chi connectivity index (χ0) is 13.9. The van der Waals surface area contributed by atoms with Gasteiger partial charge in [-0.3, -0.25) is 4.79 Å². The molecule has 2 rings (SSSR count). The predicted octanol–water partition coefficient (Wildman–Crippen LogP) is 0.891. The maximum absolute atomic E-state index is 11.6. The number of sulfonamides is 1. The Kier molecular flexibility index (Phi) is 4.21. The van der Waals surface area contributed by atoms with E-state index in [-0.39, 0.29) is 17.6 Å². The summed E-state index contributed by atoms with van der Waals surface area (Å²) in [5.41, 5.74) is 1.60. The van der Waals surface area contributed by atoms with Gasteiger partial charge in [0.05, 0.1) is 5.75 Å². The lowest BCUT2D eigenvalue weighted by atomic mass is 9.85. The highest BCUT2D eigenvalue weighted by Crippen LogP contribution is 2.26. The van der Waals surface area contributed by atoms with Crippen LogP contribution in [-0.2, 0) is 27.1 Å². The predicted molar refractivity (Wildman–Crippen MR) is 72.4 cm³/mol. The molecule has 1 aromatic carbocycles. The number of rotatable bonds is 5. The fourth-order valence-corrected chi connectivity index (χ4v) is 2.65. The molecule has 0 atom stereocenters. The molecular weight excluding hydrogens is 264 g/mol. The lowest BCUT2D eigenvalue weighted by Gasteiger charge is -2.24. The van der Waals surface area contributed by atoms with Crippen LogP contribution in [0.5, 0.6) is 0 Å². The van der Waals surface area contributed by atoms with Crippen LogP contribution in [0.4, 0.5) is 0 Å². The van der Waals surface area contributed by atoms with Gasteiger partial charge in [-0.1, -0.05) is 30.7 Å².